The first-order chi connectivity index (χ1) is 6.62. The molecule has 14 heavy (non-hydrogen) atoms. The van der Waals surface area contributed by atoms with E-state index in [1.807, 2.05) is 25.1 Å². The smallest absolute Gasteiger partial charge is 0.304 e. The van der Waals surface area contributed by atoms with Gasteiger partial charge in [0.2, 0.25) is 0 Å². The van der Waals surface area contributed by atoms with Crippen LogP contribution in [0.4, 0.5) is 0 Å². The molecule has 1 N–H and O–H groups in total. The Bertz CT molecular complexity index is 364. The number of aliphatic carboxylic acids is 1. The quantitative estimate of drug-likeness (QED) is 0.795. The van der Waals surface area contributed by atoms with Crippen molar-refractivity contribution in [3.8, 4) is 0 Å². The third-order valence-corrected chi connectivity index (χ3v) is 2.97. The molecular formula is C12H14O2. The van der Waals surface area contributed by atoms with Gasteiger partial charge in [0.25, 0.3) is 0 Å². The number of hydrogen-bond donors (Lipinski definition) is 1. The summed E-state index contributed by atoms with van der Waals surface area (Å²) < 4.78 is 0. The zero-order chi connectivity index (χ0) is 10.2. The monoisotopic (exact) mass is 190 g/mol. The molecule has 0 aliphatic heterocycles. The highest BCUT2D eigenvalue weighted by atomic mass is 16.4. The zero-order valence-corrected chi connectivity index (χ0v) is 8.29. The van der Waals surface area contributed by atoms with Gasteiger partial charge in [0, 0.05) is 5.41 Å². The first kappa shape index (κ1) is 9.25. The minimum atomic E-state index is -0.691. The van der Waals surface area contributed by atoms with Crippen molar-refractivity contribution in [3.63, 3.8) is 0 Å². The van der Waals surface area contributed by atoms with Crippen LogP contribution in [0.2, 0.25) is 0 Å². The fourth-order valence-electron chi connectivity index (χ4n) is 1.98. The van der Waals surface area contributed by atoms with Crippen LogP contribution in [0, 0.1) is 6.92 Å². The minimum Gasteiger partial charge on any atom is -0.481 e. The van der Waals surface area contributed by atoms with E-state index in [0.717, 1.165) is 12.8 Å². The molecule has 74 valence electrons. The highest BCUT2D eigenvalue weighted by Crippen LogP contribution is 2.51. The van der Waals surface area contributed by atoms with Crippen molar-refractivity contribution >= 4 is 5.97 Å². The summed E-state index contributed by atoms with van der Waals surface area (Å²) in [6.07, 6.45) is 2.31. The van der Waals surface area contributed by atoms with Crippen LogP contribution in [0.5, 0.6) is 0 Å². The molecule has 0 radical (unpaired) electrons. The number of carboxylic acids is 1. The van der Waals surface area contributed by atoms with Gasteiger partial charge < -0.3 is 5.11 Å². The SMILES string of the molecule is Cc1cccc(C2(CC(=O)O)CC2)c1. The van der Waals surface area contributed by atoms with Gasteiger partial charge in [0.05, 0.1) is 6.42 Å². The van der Waals surface area contributed by atoms with Gasteiger partial charge in [0.1, 0.15) is 0 Å². The predicted octanol–water partition coefficient (Wildman–Crippen LogP) is 2.50. The average molecular weight is 190 g/mol. The standard InChI is InChI=1S/C12H14O2/c1-9-3-2-4-10(7-9)12(5-6-12)8-11(13)14/h2-4,7H,5-6,8H2,1H3,(H,13,14). The molecule has 2 heteroatoms. The van der Waals surface area contributed by atoms with Crippen molar-refractivity contribution in [2.75, 3.05) is 0 Å². The average Bonchev–Trinajstić information content (AvgIpc) is 2.84. The maximum absolute atomic E-state index is 10.7. The molecule has 2 rings (SSSR count). The first-order valence-corrected chi connectivity index (χ1v) is 4.91. The summed E-state index contributed by atoms with van der Waals surface area (Å²) in [6, 6.07) is 8.20. The molecule has 0 aromatic heterocycles. The van der Waals surface area contributed by atoms with Crippen LogP contribution in [0.1, 0.15) is 30.4 Å². The summed E-state index contributed by atoms with van der Waals surface area (Å²) in [4.78, 5) is 10.7. The van der Waals surface area contributed by atoms with E-state index in [9.17, 15) is 4.79 Å². The lowest BCUT2D eigenvalue weighted by Crippen LogP contribution is -2.12. The molecule has 0 unspecified atom stereocenters. The molecule has 1 aliphatic rings. The highest BCUT2D eigenvalue weighted by Gasteiger charge is 2.45. The van der Waals surface area contributed by atoms with Gasteiger partial charge in [-0.15, -0.1) is 0 Å². The van der Waals surface area contributed by atoms with Crippen molar-refractivity contribution in [2.45, 2.75) is 31.6 Å². The van der Waals surface area contributed by atoms with Crippen LogP contribution >= 0.6 is 0 Å². The zero-order valence-electron chi connectivity index (χ0n) is 8.29. The Morgan fingerprint density at radius 2 is 2.21 bits per heavy atom. The second-order valence-electron chi connectivity index (χ2n) is 4.22. The third kappa shape index (κ3) is 1.65. The summed E-state index contributed by atoms with van der Waals surface area (Å²) in [5.74, 6) is -0.691. The van der Waals surface area contributed by atoms with E-state index in [-0.39, 0.29) is 11.8 Å². The molecule has 0 bridgehead atoms. The Morgan fingerprint density at radius 1 is 1.50 bits per heavy atom. The Balaban J connectivity index is 2.26. The lowest BCUT2D eigenvalue weighted by Gasteiger charge is -2.13. The second kappa shape index (κ2) is 3.12. The van der Waals surface area contributed by atoms with Crippen LogP contribution in [0.3, 0.4) is 0 Å². The summed E-state index contributed by atoms with van der Waals surface area (Å²) >= 11 is 0. The molecule has 0 heterocycles. The van der Waals surface area contributed by atoms with Gasteiger partial charge in [-0.3, -0.25) is 4.79 Å². The van der Waals surface area contributed by atoms with E-state index < -0.39 is 5.97 Å². The molecule has 0 amide bonds. The fourth-order valence-corrected chi connectivity index (χ4v) is 1.98. The van der Waals surface area contributed by atoms with Crippen molar-refractivity contribution in [3.05, 3.63) is 35.4 Å². The van der Waals surface area contributed by atoms with Crippen molar-refractivity contribution < 1.29 is 9.90 Å². The topological polar surface area (TPSA) is 37.3 Å². The Labute approximate surface area is 83.6 Å². The van der Waals surface area contributed by atoms with Crippen molar-refractivity contribution in [2.24, 2.45) is 0 Å². The number of carboxylic acid groups (broad SMARTS) is 1. The lowest BCUT2D eigenvalue weighted by molar-refractivity contribution is -0.137. The Morgan fingerprint density at radius 3 is 2.71 bits per heavy atom. The molecule has 2 nitrogen and oxygen atoms in total. The van der Waals surface area contributed by atoms with E-state index >= 15 is 0 Å². The first-order valence-electron chi connectivity index (χ1n) is 4.91. The van der Waals surface area contributed by atoms with E-state index in [4.69, 9.17) is 5.11 Å². The van der Waals surface area contributed by atoms with Crippen LogP contribution in [0.15, 0.2) is 24.3 Å². The molecule has 1 saturated carbocycles. The van der Waals surface area contributed by atoms with Crippen LogP contribution in [0.25, 0.3) is 0 Å². The number of hydrogen-bond acceptors (Lipinski definition) is 1. The van der Waals surface area contributed by atoms with Crippen molar-refractivity contribution in [1.82, 2.24) is 0 Å². The molecule has 1 aromatic rings. The van der Waals surface area contributed by atoms with E-state index in [2.05, 4.69) is 6.07 Å². The highest BCUT2D eigenvalue weighted by molar-refractivity contribution is 5.70. The molecule has 1 aliphatic carbocycles. The maximum Gasteiger partial charge on any atom is 0.304 e. The Kier molecular flexibility index (Phi) is 2.06. The van der Waals surface area contributed by atoms with Crippen LogP contribution in [-0.2, 0) is 10.2 Å². The predicted molar refractivity (Wildman–Crippen MR) is 54.3 cm³/mol. The summed E-state index contributed by atoms with van der Waals surface area (Å²) in [5.41, 5.74) is 2.36. The molecule has 1 aromatic carbocycles. The molecule has 0 spiro atoms. The number of benzene rings is 1. The number of aryl methyl sites for hydroxylation is 1. The molecule has 0 atom stereocenters. The van der Waals surface area contributed by atoms with E-state index in [1.54, 1.807) is 0 Å². The summed E-state index contributed by atoms with van der Waals surface area (Å²) in [6.45, 7) is 2.04. The molecule has 0 saturated heterocycles. The van der Waals surface area contributed by atoms with Gasteiger partial charge in [-0.25, -0.2) is 0 Å². The van der Waals surface area contributed by atoms with Gasteiger partial charge in [-0.2, -0.15) is 0 Å². The van der Waals surface area contributed by atoms with E-state index in [1.165, 1.54) is 11.1 Å². The summed E-state index contributed by atoms with van der Waals surface area (Å²) in [7, 11) is 0. The van der Waals surface area contributed by atoms with Crippen molar-refractivity contribution in [1.29, 1.82) is 0 Å². The fraction of sp³-hybridized carbons (Fsp3) is 0.417. The number of carbonyl (C=O) groups is 1. The third-order valence-electron chi connectivity index (χ3n) is 2.97. The maximum atomic E-state index is 10.7. The number of rotatable bonds is 3. The van der Waals surface area contributed by atoms with Gasteiger partial charge in [0.15, 0.2) is 0 Å². The molecular weight excluding hydrogens is 176 g/mol. The second-order valence-corrected chi connectivity index (χ2v) is 4.22. The van der Waals surface area contributed by atoms with Gasteiger partial charge in [-0.1, -0.05) is 29.8 Å². The molecule has 1 fully saturated rings. The lowest BCUT2D eigenvalue weighted by atomic mass is 9.91. The Hall–Kier alpha value is -1.31. The van der Waals surface area contributed by atoms with E-state index in [0.29, 0.717) is 0 Å². The summed E-state index contributed by atoms with van der Waals surface area (Å²) in [5, 5.41) is 8.82. The van der Waals surface area contributed by atoms with Gasteiger partial charge >= 0.3 is 5.97 Å². The van der Waals surface area contributed by atoms with Crippen LogP contribution in [-0.4, -0.2) is 11.1 Å². The van der Waals surface area contributed by atoms with Crippen LogP contribution < -0.4 is 0 Å². The van der Waals surface area contributed by atoms with Gasteiger partial charge in [-0.05, 0) is 25.3 Å². The largest absolute Gasteiger partial charge is 0.481 e. The minimum absolute atomic E-state index is 0.0438. The normalized spacial score (nSPS) is 17.8.